The molecule has 8 nitrogen and oxygen atoms in total. The van der Waals surface area contributed by atoms with Crippen molar-refractivity contribution >= 4 is 45.6 Å². The lowest BCUT2D eigenvalue weighted by Gasteiger charge is -2.32. The first-order chi connectivity index (χ1) is 20.0. The molecule has 0 radical (unpaired) electrons. The Kier molecular flexibility index (Phi) is 6.79. The summed E-state index contributed by atoms with van der Waals surface area (Å²) in [4.78, 5) is 40.6. The fourth-order valence-corrected chi connectivity index (χ4v) is 7.11. The third-order valence-electron chi connectivity index (χ3n) is 8.64. The number of hydrogen-bond acceptors (Lipinski definition) is 6. The minimum Gasteiger partial charge on any atom is -0.372 e. The van der Waals surface area contributed by atoms with E-state index in [-0.39, 0.29) is 18.4 Å². The second kappa shape index (κ2) is 10.6. The highest BCUT2D eigenvalue weighted by atomic mass is 35.5. The number of nitrogens with zero attached hydrogens (tertiary/aromatic N) is 5. The van der Waals surface area contributed by atoms with Gasteiger partial charge in [0.05, 0.1) is 12.0 Å². The lowest BCUT2D eigenvalue weighted by Crippen LogP contribution is -2.38. The van der Waals surface area contributed by atoms with Crippen LogP contribution in [0.4, 0.5) is 10.8 Å². The van der Waals surface area contributed by atoms with Gasteiger partial charge in [-0.2, -0.15) is 0 Å². The number of fused-ring (bicyclic) bond motifs is 2. The van der Waals surface area contributed by atoms with E-state index in [0.717, 1.165) is 60.8 Å². The summed E-state index contributed by atoms with van der Waals surface area (Å²) in [5, 5.41) is 5.72. The van der Waals surface area contributed by atoms with Gasteiger partial charge in [0.25, 0.3) is 11.8 Å². The van der Waals surface area contributed by atoms with Crippen LogP contribution in [0.5, 0.6) is 0 Å². The third kappa shape index (κ3) is 4.81. The standard InChI is InChI=1S/C31H31ClN6O2S/c1-19-8-12-36(13-9-19)22-6-4-20(5-7-22)21-15-23-24(25(32)16-21)17-38(30(23)40)28(29(39)35-31-33-10-14-41-31)27-26-3-2-11-37(26)18-34-27/h4-7,10,14-16,18-19,28H,2-3,8-9,11-13,17H2,1H3,(H,33,35,39). The summed E-state index contributed by atoms with van der Waals surface area (Å²) in [6.07, 6.45) is 7.65. The number of aromatic nitrogens is 3. The Balaban J connectivity index is 1.19. The summed E-state index contributed by atoms with van der Waals surface area (Å²) in [6.45, 7) is 5.57. The van der Waals surface area contributed by atoms with E-state index in [1.54, 1.807) is 22.8 Å². The normalized spacial score (nSPS) is 17.6. The highest BCUT2D eigenvalue weighted by Gasteiger charge is 2.41. The Morgan fingerprint density at radius 1 is 1.10 bits per heavy atom. The molecule has 3 aliphatic rings. The summed E-state index contributed by atoms with van der Waals surface area (Å²) in [7, 11) is 0. The van der Waals surface area contributed by atoms with Gasteiger partial charge >= 0.3 is 0 Å². The number of aryl methyl sites for hydroxylation is 1. The van der Waals surface area contributed by atoms with Crippen molar-refractivity contribution in [1.29, 1.82) is 0 Å². The first-order valence-corrected chi connectivity index (χ1v) is 15.4. The number of piperidine rings is 1. The average molecular weight is 587 g/mol. The fourth-order valence-electron chi connectivity index (χ4n) is 6.30. The number of nitrogens with one attached hydrogen (secondary N) is 1. The van der Waals surface area contributed by atoms with Gasteiger partial charge < -0.3 is 14.4 Å². The van der Waals surface area contributed by atoms with Gasteiger partial charge in [-0.05, 0) is 67.0 Å². The summed E-state index contributed by atoms with van der Waals surface area (Å²) in [5.41, 5.74) is 6.00. The Bertz CT molecular complexity index is 1610. The zero-order chi connectivity index (χ0) is 28.1. The molecule has 1 N–H and O–H groups in total. The lowest BCUT2D eigenvalue weighted by molar-refractivity contribution is -0.121. The van der Waals surface area contributed by atoms with E-state index >= 15 is 0 Å². The minimum absolute atomic E-state index is 0.221. The van der Waals surface area contributed by atoms with Crippen molar-refractivity contribution < 1.29 is 9.59 Å². The number of halogens is 1. The molecule has 2 amide bonds. The molecule has 0 saturated carbocycles. The van der Waals surface area contributed by atoms with Crippen LogP contribution >= 0.6 is 22.9 Å². The Morgan fingerprint density at radius 3 is 2.66 bits per heavy atom. The van der Waals surface area contributed by atoms with Crippen molar-refractivity contribution in [2.45, 2.75) is 51.7 Å². The van der Waals surface area contributed by atoms with Gasteiger partial charge in [-0.25, -0.2) is 9.97 Å². The number of benzene rings is 2. The lowest BCUT2D eigenvalue weighted by atomic mass is 9.97. The molecule has 2 aromatic heterocycles. The SMILES string of the molecule is CC1CCN(c2ccc(-c3cc(Cl)c4c(c3)C(=O)N(C(C(=O)Nc3nccs3)c3ncn5c3CCC5)C4)cc2)CC1. The van der Waals surface area contributed by atoms with Crippen molar-refractivity contribution in [3.8, 4) is 11.1 Å². The number of thiazole rings is 1. The largest absolute Gasteiger partial charge is 0.372 e. The molecule has 5 heterocycles. The van der Waals surface area contributed by atoms with E-state index in [1.165, 1.54) is 29.9 Å². The predicted molar refractivity (Wildman–Crippen MR) is 161 cm³/mol. The highest BCUT2D eigenvalue weighted by Crippen LogP contribution is 2.40. The predicted octanol–water partition coefficient (Wildman–Crippen LogP) is 6.18. The summed E-state index contributed by atoms with van der Waals surface area (Å²) >= 11 is 8.16. The molecule has 3 aliphatic heterocycles. The molecule has 7 rings (SSSR count). The van der Waals surface area contributed by atoms with E-state index in [4.69, 9.17) is 11.6 Å². The molecule has 4 aromatic rings. The maximum absolute atomic E-state index is 14.0. The molecule has 10 heteroatoms. The highest BCUT2D eigenvalue weighted by molar-refractivity contribution is 7.13. The molecular formula is C31H31ClN6O2S. The van der Waals surface area contributed by atoms with E-state index < -0.39 is 6.04 Å². The molecule has 0 aliphatic carbocycles. The quantitative estimate of drug-likeness (QED) is 0.292. The van der Waals surface area contributed by atoms with Gasteiger partial charge in [0.15, 0.2) is 11.2 Å². The second-order valence-corrected chi connectivity index (χ2v) is 12.5. The molecule has 41 heavy (non-hydrogen) atoms. The molecule has 1 fully saturated rings. The first kappa shape index (κ1) is 26.2. The first-order valence-electron chi connectivity index (χ1n) is 14.2. The van der Waals surface area contributed by atoms with Gasteiger partial charge in [-0.15, -0.1) is 11.3 Å². The fraction of sp³-hybridized carbons (Fsp3) is 0.355. The van der Waals surface area contributed by atoms with Crippen LogP contribution in [0.1, 0.15) is 59.5 Å². The summed E-state index contributed by atoms with van der Waals surface area (Å²) in [5.74, 6) is 0.235. The minimum atomic E-state index is -0.890. The molecule has 0 bridgehead atoms. The molecule has 210 valence electrons. The number of anilines is 2. The average Bonchev–Trinajstić information content (AvgIpc) is 3.78. The molecule has 0 spiro atoms. The molecule has 1 saturated heterocycles. The maximum Gasteiger partial charge on any atom is 0.255 e. The molecule has 1 unspecified atom stereocenters. The van der Waals surface area contributed by atoms with Gasteiger partial charge in [0.1, 0.15) is 0 Å². The van der Waals surface area contributed by atoms with Gasteiger partial charge in [-0.3, -0.25) is 14.9 Å². The van der Waals surface area contributed by atoms with Crippen LogP contribution in [0.15, 0.2) is 54.3 Å². The van der Waals surface area contributed by atoms with Crippen LogP contribution in [0.3, 0.4) is 0 Å². The third-order valence-corrected chi connectivity index (χ3v) is 9.66. The van der Waals surface area contributed by atoms with E-state index in [9.17, 15) is 9.59 Å². The van der Waals surface area contributed by atoms with Crippen molar-refractivity contribution in [3.63, 3.8) is 0 Å². The Morgan fingerprint density at radius 2 is 1.90 bits per heavy atom. The number of amides is 2. The monoisotopic (exact) mass is 586 g/mol. The van der Waals surface area contributed by atoms with Crippen LogP contribution in [-0.2, 0) is 24.3 Å². The number of carbonyl (C=O) groups excluding carboxylic acids is 2. The molecule has 1 atom stereocenters. The van der Waals surface area contributed by atoms with Crippen molar-refractivity contribution in [2.75, 3.05) is 23.3 Å². The molecular weight excluding hydrogens is 556 g/mol. The topological polar surface area (TPSA) is 83.4 Å². The van der Waals surface area contributed by atoms with Crippen LogP contribution in [0, 0.1) is 5.92 Å². The van der Waals surface area contributed by atoms with Crippen LogP contribution < -0.4 is 10.2 Å². The summed E-state index contributed by atoms with van der Waals surface area (Å²) in [6, 6.07) is 11.4. The smallest absolute Gasteiger partial charge is 0.255 e. The van der Waals surface area contributed by atoms with Crippen molar-refractivity contribution in [1.82, 2.24) is 19.4 Å². The van der Waals surface area contributed by atoms with Gasteiger partial charge in [-0.1, -0.05) is 30.7 Å². The number of rotatable bonds is 6. The van der Waals surface area contributed by atoms with Gasteiger partial charge in [0.2, 0.25) is 0 Å². The van der Waals surface area contributed by atoms with E-state index in [2.05, 4.69) is 55.9 Å². The van der Waals surface area contributed by atoms with Crippen molar-refractivity contribution in [3.05, 3.63) is 81.8 Å². The number of hydrogen-bond donors (Lipinski definition) is 1. The van der Waals surface area contributed by atoms with Gasteiger partial charge in [0, 0.05) is 65.3 Å². The zero-order valence-corrected chi connectivity index (χ0v) is 24.4. The zero-order valence-electron chi connectivity index (χ0n) is 22.8. The van der Waals surface area contributed by atoms with Crippen LogP contribution in [0.25, 0.3) is 11.1 Å². The van der Waals surface area contributed by atoms with E-state index in [0.29, 0.717) is 21.4 Å². The Hall–Kier alpha value is -3.69. The Labute approximate surface area is 248 Å². The van der Waals surface area contributed by atoms with Crippen molar-refractivity contribution in [2.24, 2.45) is 5.92 Å². The van der Waals surface area contributed by atoms with Crippen LogP contribution in [0.2, 0.25) is 5.02 Å². The summed E-state index contributed by atoms with van der Waals surface area (Å²) < 4.78 is 2.08. The van der Waals surface area contributed by atoms with E-state index in [1.807, 2.05) is 12.1 Å². The number of imidazole rings is 1. The maximum atomic E-state index is 14.0. The number of carbonyl (C=O) groups is 2. The van der Waals surface area contributed by atoms with Crippen LogP contribution in [-0.4, -0.2) is 44.3 Å². The second-order valence-electron chi connectivity index (χ2n) is 11.2. The molecule has 2 aromatic carbocycles.